The second-order valence-corrected chi connectivity index (χ2v) is 4.87. The van der Waals surface area contributed by atoms with Gasteiger partial charge in [0, 0.05) is 18.9 Å². The zero-order chi connectivity index (χ0) is 16.1. The number of carbonyl (C=O) groups excluding carboxylic acids is 1. The van der Waals surface area contributed by atoms with E-state index in [1.165, 1.54) is 10.9 Å². The van der Waals surface area contributed by atoms with Crippen LogP contribution in [-0.4, -0.2) is 36.5 Å². The molecule has 0 bridgehead atoms. The van der Waals surface area contributed by atoms with Gasteiger partial charge in [0.1, 0.15) is 5.69 Å². The van der Waals surface area contributed by atoms with E-state index in [1.807, 2.05) is 26.1 Å². The summed E-state index contributed by atoms with van der Waals surface area (Å²) in [6.45, 7) is 4.76. The fourth-order valence-corrected chi connectivity index (χ4v) is 2.03. The summed E-state index contributed by atoms with van der Waals surface area (Å²) in [4.78, 5) is 22.9. The van der Waals surface area contributed by atoms with E-state index < -0.39 is 5.97 Å². The van der Waals surface area contributed by atoms with Gasteiger partial charge in [-0.15, -0.1) is 0 Å². The molecular formula is C14H19N5O3. The number of carboxylic acids is 1. The Morgan fingerprint density at radius 2 is 2.18 bits per heavy atom. The molecule has 1 amide bonds. The first kappa shape index (κ1) is 15.7. The third-order valence-electron chi connectivity index (χ3n) is 3.26. The highest BCUT2D eigenvalue weighted by Gasteiger charge is 2.17. The molecule has 22 heavy (non-hydrogen) atoms. The van der Waals surface area contributed by atoms with Gasteiger partial charge in [-0.1, -0.05) is 0 Å². The summed E-state index contributed by atoms with van der Waals surface area (Å²) in [6.07, 6.45) is 3.25. The van der Waals surface area contributed by atoms with Crippen molar-refractivity contribution in [2.45, 2.75) is 39.4 Å². The van der Waals surface area contributed by atoms with Crippen molar-refractivity contribution in [3.8, 4) is 0 Å². The standard InChI is InChI=1S/C14H19N5O3/c1-3-18-8-5-11(17-18)10(2)16-14(22)12-4-7-15-19(12)9-6-13(20)21/h4-5,7-8,10H,3,6,9H2,1-2H3,(H,16,22)(H,20,21). The molecule has 8 heteroatoms. The van der Waals surface area contributed by atoms with E-state index in [2.05, 4.69) is 15.5 Å². The molecule has 118 valence electrons. The molecule has 0 fully saturated rings. The monoisotopic (exact) mass is 305 g/mol. The van der Waals surface area contributed by atoms with Gasteiger partial charge in [-0.3, -0.25) is 19.0 Å². The number of nitrogens with one attached hydrogen (secondary N) is 1. The second kappa shape index (κ2) is 6.88. The van der Waals surface area contributed by atoms with Gasteiger partial charge in [0.25, 0.3) is 5.91 Å². The number of rotatable bonds is 7. The lowest BCUT2D eigenvalue weighted by Gasteiger charge is -2.12. The average Bonchev–Trinajstić information content (AvgIpc) is 3.13. The molecule has 2 aromatic heterocycles. The molecule has 0 aliphatic carbocycles. The molecule has 1 atom stereocenters. The van der Waals surface area contributed by atoms with E-state index in [0.29, 0.717) is 5.69 Å². The molecule has 2 N–H and O–H groups in total. The lowest BCUT2D eigenvalue weighted by molar-refractivity contribution is -0.137. The maximum Gasteiger partial charge on any atom is 0.305 e. The number of carbonyl (C=O) groups is 2. The Morgan fingerprint density at radius 1 is 1.41 bits per heavy atom. The average molecular weight is 305 g/mol. The first-order valence-corrected chi connectivity index (χ1v) is 7.09. The Morgan fingerprint density at radius 3 is 2.82 bits per heavy atom. The summed E-state index contributed by atoms with van der Waals surface area (Å²) in [7, 11) is 0. The van der Waals surface area contributed by atoms with E-state index in [1.54, 1.807) is 10.7 Å². The molecule has 2 aromatic rings. The molecule has 0 radical (unpaired) electrons. The van der Waals surface area contributed by atoms with Gasteiger partial charge < -0.3 is 10.4 Å². The quantitative estimate of drug-likeness (QED) is 0.796. The van der Waals surface area contributed by atoms with Gasteiger partial charge in [-0.05, 0) is 26.0 Å². The highest BCUT2D eigenvalue weighted by molar-refractivity contribution is 5.92. The molecule has 8 nitrogen and oxygen atoms in total. The number of hydrogen-bond donors (Lipinski definition) is 2. The molecule has 0 aliphatic heterocycles. The van der Waals surface area contributed by atoms with Crippen LogP contribution >= 0.6 is 0 Å². The number of hydrogen-bond acceptors (Lipinski definition) is 4. The zero-order valence-corrected chi connectivity index (χ0v) is 12.6. The third kappa shape index (κ3) is 3.72. The molecule has 0 saturated carbocycles. The minimum Gasteiger partial charge on any atom is -0.481 e. The van der Waals surface area contributed by atoms with E-state index in [0.717, 1.165) is 12.2 Å². The summed E-state index contributed by atoms with van der Waals surface area (Å²) in [5.74, 6) is -1.23. The van der Waals surface area contributed by atoms with Crippen molar-refractivity contribution < 1.29 is 14.7 Å². The van der Waals surface area contributed by atoms with Crippen LogP contribution in [0.2, 0.25) is 0 Å². The first-order valence-electron chi connectivity index (χ1n) is 7.09. The summed E-state index contributed by atoms with van der Waals surface area (Å²) in [6, 6.07) is 3.17. The highest BCUT2D eigenvalue weighted by Crippen LogP contribution is 2.11. The van der Waals surface area contributed by atoms with Crippen LogP contribution in [0.25, 0.3) is 0 Å². The van der Waals surface area contributed by atoms with Crippen LogP contribution < -0.4 is 5.32 Å². The number of nitrogens with zero attached hydrogens (tertiary/aromatic N) is 4. The van der Waals surface area contributed by atoms with Crippen LogP contribution in [0, 0.1) is 0 Å². The van der Waals surface area contributed by atoms with Gasteiger partial charge >= 0.3 is 5.97 Å². The topological polar surface area (TPSA) is 102 Å². The van der Waals surface area contributed by atoms with E-state index in [-0.39, 0.29) is 24.9 Å². The fourth-order valence-electron chi connectivity index (χ4n) is 2.03. The molecule has 1 unspecified atom stereocenters. The van der Waals surface area contributed by atoms with Crippen LogP contribution in [0.3, 0.4) is 0 Å². The third-order valence-corrected chi connectivity index (χ3v) is 3.26. The van der Waals surface area contributed by atoms with Gasteiger partial charge in [0.05, 0.1) is 24.7 Å². The smallest absolute Gasteiger partial charge is 0.305 e. The van der Waals surface area contributed by atoms with Crippen molar-refractivity contribution in [1.29, 1.82) is 0 Å². The predicted octanol–water partition coefficient (Wildman–Crippen LogP) is 1.07. The first-order chi connectivity index (χ1) is 10.5. The van der Waals surface area contributed by atoms with Crippen molar-refractivity contribution in [1.82, 2.24) is 24.9 Å². The SMILES string of the molecule is CCn1ccc(C(C)NC(=O)c2ccnn2CCC(=O)O)n1. The Balaban J connectivity index is 2.02. The molecule has 0 saturated heterocycles. The van der Waals surface area contributed by atoms with E-state index in [4.69, 9.17) is 5.11 Å². The maximum atomic E-state index is 12.3. The number of aryl methyl sites for hydroxylation is 2. The highest BCUT2D eigenvalue weighted by atomic mass is 16.4. The lowest BCUT2D eigenvalue weighted by atomic mass is 10.2. The summed E-state index contributed by atoms with van der Waals surface area (Å²) < 4.78 is 3.18. The minimum atomic E-state index is -0.930. The van der Waals surface area contributed by atoms with Crippen LogP contribution in [0.1, 0.15) is 42.5 Å². The van der Waals surface area contributed by atoms with Crippen LogP contribution in [0.15, 0.2) is 24.5 Å². The predicted molar refractivity (Wildman–Crippen MR) is 78.3 cm³/mol. The molecule has 0 spiro atoms. The van der Waals surface area contributed by atoms with Crippen molar-refractivity contribution in [2.75, 3.05) is 0 Å². The van der Waals surface area contributed by atoms with Crippen LogP contribution in [0.5, 0.6) is 0 Å². The summed E-state index contributed by atoms with van der Waals surface area (Å²) >= 11 is 0. The second-order valence-electron chi connectivity index (χ2n) is 4.87. The minimum absolute atomic E-state index is 0.0849. The van der Waals surface area contributed by atoms with Crippen molar-refractivity contribution in [3.05, 3.63) is 35.9 Å². The number of aliphatic carboxylic acids is 1. The van der Waals surface area contributed by atoms with Gasteiger partial charge in [-0.2, -0.15) is 10.2 Å². The molecule has 0 aliphatic rings. The largest absolute Gasteiger partial charge is 0.481 e. The summed E-state index contributed by atoms with van der Waals surface area (Å²) in [5.41, 5.74) is 1.11. The Kier molecular flexibility index (Phi) is 4.92. The molecule has 0 aromatic carbocycles. The number of aromatic nitrogens is 4. The zero-order valence-electron chi connectivity index (χ0n) is 12.6. The lowest BCUT2D eigenvalue weighted by Crippen LogP contribution is -2.29. The fraction of sp³-hybridized carbons (Fsp3) is 0.429. The maximum absolute atomic E-state index is 12.3. The Hall–Kier alpha value is -2.64. The van der Waals surface area contributed by atoms with Gasteiger partial charge in [-0.25, -0.2) is 0 Å². The Labute approximate surface area is 127 Å². The van der Waals surface area contributed by atoms with Crippen LogP contribution in [-0.2, 0) is 17.9 Å². The van der Waals surface area contributed by atoms with Crippen LogP contribution in [0.4, 0.5) is 0 Å². The normalized spacial score (nSPS) is 12.1. The number of amides is 1. The van der Waals surface area contributed by atoms with E-state index in [9.17, 15) is 9.59 Å². The van der Waals surface area contributed by atoms with Crippen molar-refractivity contribution in [3.63, 3.8) is 0 Å². The van der Waals surface area contributed by atoms with Gasteiger partial charge in [0.2, 0.25) is 0 Å². The molecular weight excluding hydrogens is 286 g/mol. The van der Waals surface area contributed by atoms with E-state index >= 15 is 0 Å². The Bertz CT molecular complexity index is 661. The van der Waals surface area contributed by atoms with Crippen molar-refractivity contribution >= 4 is 11.9 Å². The molecule has 2 rings (SSSR count). The number of carboxylic acid groups (broad SMARTS) is 1. The van der Waals surface area contributed by atoms with Crippen molar-refractivity contribution in [2.24, 2.45) is 0 Å². The van der Waals surface area contributed by atoms with Gasteiger partial charge in [0.15, 0.2) is 0 Å². The molecule has 2 heterocycles. The summed E-state index contributed by atoms with van der Waals surface area (Å²) in [5, 5.41) is 19.9.